The third-order valence-electron chi connectivity index (χ3n) is 11.5. The third kappa shape index (κ3) is 10.3. The number of carbonyl (C=O) groups excluding carboxylic acids is 2. The van der Waals surface area contributed by atoms with Crippen molar-refractivity contribution in [1.82, 2.24) is 0 Å². The van der Waals surface area contributed by atoms with Gasteiger partial charge in [-0.2, -0.15) is 0 Å². The SMILES string of the molecule is CC[C@H](C)C(=O)O[C@H]1[C@H](Oc2cc(O)c3c(=O)c(O[C@@H]4O[C@H](CO)[C@@H](O)[C@H](O)[C@H]4O)c(-c4ccc(O)c(O)c4)oc3c2)O[C@@H](C)[C@H](O)[C@H]1O[C@@H]1O[C@H](COC(=O)[C@H](C)CO)[C@@H](O)[C@H](O)[C@H]1O. The van der Waals surface area contributed by atoms with Crippen LogP contribution in [0.2, 0.25) is 0 Å². The Kier molecular flexibility index (Phi) is 16.0. The molecule has 12 N–H and O–H groups in total. The van der Waals surface area contributed by atoms with Gasteiger partial charge >= 0.3 is 11.9 Å². The number of fused-ring (bicyclic) bond motifs is 1. The number of benzene rings is 2. The van der Waals surface area contributed by atoms with Crippen LogP contribution in [0.3, 0.4) is 0 Å². The summed E-state index contributed by atoms with van der Waals surface area (Å²) in [6, 6.07) is 5.19. The first-order valence-corrected chi connectivity index (χ1v) is 20.9. The number of rotatable bonds is 15. The molecule has 66 heavy (non-hydrogen) atoms. The molecule has 4 heterocycles. The van der Waals surface area contributed by atoms with Crippen molar-refractivity contribution < 1.29 is 113 Å². The summed E-state index contributed by atoms with van der Waals surface area (Å²) >= 11 is 0. The average molecular weight is 943 g/mol. The third-order valence-corrected chi connectivity index (χ3v) is 11.5. The minimum atomic E-state index is -2.01. The lowest BCUT2D eigenvalue weighted by Gasteiger charge is -2.46. The zero-order valence-electron chi connectivity index (χ0n) is 35.8. The van der Waals surface area contributed by atoms with Crippen molar-refractivity contribution in [2.24, 2.45) is 11.8 Å². The standard InChI is InChI=1S/C42H54O24/c1-5-14(2)39(57)64-37-35(65-41-33(55)31(53)28(50)24(63-41)13-58-38(56)15(3)11-43)26(48)16(4)59-42(37)60-18-9-21(47)25-22(10-18)61-34(17-6-7-19(45)20(46)8-17)36(29(25)51)66-40-32(54)30(52)27(49)23(12-44)62-40/h6-10,14-16,23-24,26-28,30-33,35,37,40-50,52-55H,5,11-13H2,1-4H3/t14-,15+,16-,23+,24+,26-,27+,28+,30-,31-,32+,33+,35+,37+,40-,41-,42-/m0/s1. The Bertz CT molecular complexity index is 2230. The number of phenolic OH excluding ortho intramolecular Hbond substituents is 3. The molecule has 1 aromatic heterocycles. The minimum Gasteiger partial charge on any atom is -0.507 e. The van der Waals surface area contributed by atoms with E-state index >= 15 is 0 Å². The van der Waals surface area contributed by atoms with Crippen LogP contribution in [0.25, 0.3) is 22.3 Å². The van der Waals surface area contributed by atoms with Gasteiger partial charge in [-0.1, -0.05) is 13.8 Å². The Morgan fingerprint density at radius 3 is 1.98 bits per heavy atom. The molecule has 3 saturated heterocycles. The van der Waals surface area contributed by atoms with Crippen LogP contribution in [-0.2, 0) is 38.0 Å². The molecule has 0 spiro atoms. The molecule has 0 bridgehead atoms. The quantitative estimate of drug-likeness (QED) is 0.0556. The fourth-order valence-corrected chi connectivity index (χ4v) is 7.18. The monoisotopic (exact) mass is 942 g/mol. The highest BCUT2D eigenvalue weighted by Crippen LogP contribution is 2.41. The van der Waals surface area contributed by atoms with Crippen LogP contribution in [0, 0.1) is 11.8 Å². The van der Waals surface area contributed by atoms with E-state index in [1.54, 1.807) is 6.92 Å². The first-order chi connectivity index (χ1) is 31.2. The molecule has 0 radical (unpaired) electrons. The van der Waals surface area contributed by atoms with Gasteiger partial charge in [0.2, 0.25) is 23.8 Å². The van der Waals surface area contributed by atoms with E-state index in [0.717, 1.165) is 24.3 Å². The molecule has 6 rings (SSSR count). The number of aromatic hydroxyl groups is 3. The number of hydrogen-bond acceptors (Lipinski definition) is 24. The smallest absolute Gasteiger partial charge is 0.311 e. The van der Waals surface area contributed by atoms with E-state index in [9.17, 15) is 75.7 Å². The Morgan fingerprint density at radius 2 is 1.35 bits per heavy atom. The van der Waals surface area contributed by atoms with Crippen LogP contribution >= 0.6 is 0 Å². The Hall–Kier alpha value is -4.93. The summed E-state index contributed by atoms with van der Waals surface area (Å²) in [4.78, 5) is 39.8. The molecule has 3 aromatic rings. The van der Waals surface area contributed by atoms with Crippen LogP contribution in [0.4, 0.5) is 0 Å². The zero-order chi connectivity index (χ0) is 48.5. The average Bonchev–Trinajstić information content (AvgIpc) is 3.29. The van der Waals surface area contributed by atoms with E-state index in [1.165, 1.54) is 26.8 Å². The number of aliphatic hydroxyl groups is 9. The molecule has 366 valence electrons. The van der Waals surface area contributed by atoms with E-state index < -0.39 is 181 Å². The highest BCUT2D eigenvalue weighted by molar-refractivity contribution is 5.88. The number of ether oxygens (including phenoxy) is 8. The summed E-state index contributed by atoms with van der Waals surface area (Å²) in [6.45, 7) is 3.91. The van der Waals surface area contributed by atoms with Crippen LogP contribution in [-0.4, -0.2) is 185 Å². The van der Waals surface area contributed by atoms with E-state index in [2.05, 4.69) is 0 Å². The second-order valence-corrected chi connectivity index (χ2v) is 16.3. The van der Waals surface area contributed by atoms with Crippen molar-refractivity contribution in [3.05, 3.63) is 40.6 Å². The summed E-state index contributed by atoms with van der Waals surface area (Å²) in [5.41, 5.74) is -1.70. The van der Waals surface area contributed by atoms with E-state index in [1.807, 2.05) is 0 Å². The first-order valence-electron chi connectivity index (χ1n) is 20.9. The zero-order valence-corrected chi connectivity index (χ0v) is 35.8. The Labute approximate surface area is 374 Å². The number of hydrogen-bond donors (Lipinski definition) is 12. The second kappa shape index (κ2) is 20.9. The largest absolute Gasteiger partial charge is 0.507 e. The molecule has 0 aliphatic carbocycles. The van der Waals surface area contributed by atoms with Gasteiger partial charge in [0.15, 0.2) is 29.7 Å². The molecular formula is C42H54O24. The summed E-state index contributed by atoms with van der Waals surface area (Å²) < 4.78 is 51.8. The van der Waals surface area contributed by atoms with Crippen molar-refractivity contribution in [1.29, 1.82) is 0 Å². The lowest BCUT2D eigenvalue weighted by molar-refractivity contribution is -0.351. The van der Waals surface area contributed by atoms with E-state index in [4.69, 9.17) is 42.3 Å². The predicted molar refractivity (Wildman–Crippen MR) is 216 cm³/mol. The maximum Gasteiger partial charge on any atom is 0.311 e. The molecule has 0 unspecified atom stereocenters. The van der Waals surface area contributed by atoms with Gasteiger partial charge in [-0.25, -0.2) is 0 Å². The predicted octanol–water partition coefficient (Wildman–Crippen LogP) is -2.44. The van der Waals surface area contributed by atoms with Gasteiger partial charge in [0.25, 0.3) is 0 Å². The Balaban J connectivity index is 1.37. The lowest BCUT2D eigenvalue weighted by Crippen LogP contribution is -2.65. The van der Waals surface area contributed by atoms with E-state index in [0.29, 0.717) is 0 Å². The van der Waals surface area contributed by atoms with Gasteiger partial charge in [0, 0.05) is 17.7 Å². The number of phenols is 3. The maximum atomic E-state index is 14.2. The molecule has 3 aliphatic heterocycles. The van der Waals surface area contributed by atoms with Crippen molar-refractivity contribution in [2.45, 2.75) is 126 Å². The summed E-state index contributed by atoms with van der Waals surface area (Å²) in [5, 5.41) is 125. The first kappa shape index (κ1) is 50.5. The van der Waals surface area contributed by atoms with Crippen molar-refractivity contribution in [3.8, 4) is 40.1 Å². The Morgan fingerprint density at radius 1 is 0.697 bits per heavy atom. The van der Waals surface area contributed by atoms with Crippen LogP contribution in [0.5, 0.6) is 28.7 Å². The maximum absolute atomic E-state index is 14.2. The molecule has 24 heteroatoms. The molecule has 2 aromatic carbocycles. The summed E-state index contributed by atoms with van der Waals surface area (Å²) in [5.74, 6) is -7.10. The van der Waals surface area contributed by atoms with Crippen LogP contribution in [0.1, 0.15) is 34.1 Å². The van der Waals surface area contributed by atoms with Crippen molar-refractivity contribution >= 4 is 22.9 Å². The van der Waals surface area contributed by atoms with Gasteiger partial charge < -0.3 is 104 Å². The molecule has 0 saturated carbocycles. The van der Waals surface area contributed by atoms with E-state index in [-0.39, 0.29) is 17.7 Å². The summed E-state index contributed by atoms with van der Waals surface area (Å²) in [7, 11) is 0. The van der Waals surface area contributed by atoms with Gasteiger partial charge in [0.05, 0.1) is 31.2 Å². The topological polar surface area (TPSA) is 381 Å². The number of esters is 2. The van der Waals surface area contributed by atoms with Crippen LogP contribution < -0.4 is 14.9 Å². The minimum absolute atomic E-state index is 0.130. The van der Waals surface area contributed by atoms with Gasteiger partial charge in [0.1, 0.15) is 90.1 Å². The lowest BCUT2D eigenvalue weighted by atomic mass is 9.97. The normalized spacial score (nSPS) is 33.4. The second-order valence-electron chi connectivity index (χ2n) is 16.3. The number of carbonyl (C=O) groups is 2. The fraction of sp³-hybridized carbons (Fsp3) is 0.595. The molecule has 0 amide bonds. The molecule has 3 aliphatic rings. The van der Waals surface area contributed by atoms with Crippen LogP contribution in [0.15, 0.2) is 39.5 Å². The van der Waals surface area contributed by atoms with Crippen molar-refractivity contribution in [3.63, 3.8) is 0 Å². The van der Waals surface area contributed by atoms with Crippen molar-refractivity contribution in [2.75, 3.05) is 19.8 Å². The molecule has 3 fully saturated rings. The highest BCUT2D eigenvalue weighted by atomic mass is 16.8. The fourth-order valence-electron chi connectivity index (χ4n) is 7.18. The highest BCUT2D eigenvalue weighted by Gasteiger charge is 2.53. The van der Waals surface area contributed by atoms with Gasteiger partial charge in [-0.3, -0.25) is 14.4 Å². The molecule has 24 nitrogen and oxygen atoms in total. The van der Waals surface area contributed by atoms with Gasteiger partial charge in [-0.15, -0.1) is 0 Å². The molecular weight excluding hydrogens is 888 g/mol. The summed E-state index contributed by atoms with van der Waals surface area (Å²) in [6.07, 6.45) is -26.2. The number of aliphatic hydroxyl groups excluding tert-OH is 9. The molecule has 17 atom stereocenters. The van der Waals surface area contributed by atoms with Gasteiger partial charge in [-0.05, 0) is 38.5 Å².